The standard InChI is InChI=1S/C21H18ClN5O3/c22-18(24)9-14(11-23)19-20(25-12-17(26-19)13-5-2-1-3-6-13)27-16(21(28)29)10-15-7-4-8-30-15/h1-12,23-27H,(H,28,29)/b14-9+,16-10-,23-11?,24-18?. The van der Waals surface area contributed by atoms with Gasteiger partial charge in [0.25, 0.3) is 0 Å². The third-order valence-electron chi connectivity index (χ3n) is 4.00. The fraction of sp³-hybridized carbons (Fsp3) is 0. The number of carboxylic acid groups (broad SMARTS) is 1. The first-order chi connectivity index (χ1) is 14.5. The molecule has 3 rings (SSSR count). The normalized spacial score (nSPS) is 14.4. The molecule has 0 saturated heterocycles. The van der Waals surface area contributed by atoms with Crippen LogP contribution in [0.15, 0.2) is 88.2 Å². The van der Waals surface area contributed by atoms with Crippen LogP contribution in [0.4, 0.5) is 0 Å². The number of benzene rings is 1. The molecule has 0 unspecified atom stereocenters. The highest BCUT2D eigenvalue weighted by molar-refractivity contribution is 6.67. The predicted octanol–water partition coefficient (Wildman–Crippen LogP) is 3.45. The lowest BCUT2D eigenvalue weighted by atomic mass is 10.1. The van der Waals surface area contributed by atoms with Gasteiger partial charge in [-0.05, 0) is 23.8 Å². The third-order valence-corrected chi connectivity index (χ3v) is 4.11. The maximum atomic E-state index is 11.7. The van der Waals surface area contributed by atoms with Crippen LogP contribution in [0, 0.1) is 10.8 Å². The molecule has 0 spiro atoms. The van der Waals surface area contributed by atoms with Crippen LogP contribution in [0.25, 0.3) is 11.8 Å². The van der Waals surface area contributed by atoms with Crippen LogP contribution in [0.3, 0.4) is 0 Å². The summed E-state index contributed by atoms with van der Waals surface area (Å²) in [6, 6.07) is 12.7. The molecule has 30 heavy (non-hydrogen) atoms. The molecule has 9 heteroatoms. The van der Waals surface area contributed by atoms with E-state index in [2.05, 4.69) is 16.0 Å². The molecule has 1 aromatic heterocycles. The molecule has 1 aliphatic heterocycles. The zero-order chi connectivity index (χ0) is 21.5. The molecule has 0 atom stereocenters. The number of hydrogen-bond acceptors (Lipinski definition) is 7. The van der Waals surface area contributed by atoms with Crippen molar-refractivity contribution in [1.82, 2.24) is 16.0 Å². The van der Waals surface area contributed by atoms with E-state index < -0.39 is 5.97 Å². The maximum Gasteiger partial charge on any atom is 0.352 e. The van der Waals surface area contributed by atoms with Crippen molar-refractivity contribution in [3.63, 3.8) is 0 Å². The van der Waals surface area contributed by atoms with Crippen molar-refractivity contribution in [1.29, 1.82) is 10.8 Å². The lowest BCUT2D eigenvalue weighted by Gasteiger charge is -2.25. The zero-order valence-corrected chi connectivity index (χ0v) is 16.3. The fourth-order valence-corrected chi connectivity index (χ4v) is 2.78. The minimum absolute atomic E-state index is 0.159. The Hall–Kier alpha value is -4.04. The minimum atomic E-state index is -1.21. The molecule has 1 aromatic carbocycles. The molecule has 2 heterocycles. The molecule has 2 aromatic rings. The summed E-state index contributed by atoms with van der Waals surface area (Å²) in [5.74, 6) is -0.581. The van der Waals surface area contributed by atoms with E-state index in [4.69, 9.17) is 26.8 Å². The molecule has 1 aliphatic rings. The molecular weight excluding hydrogens is 406 g/mol. The van der Waals surface area contributed by atoms with Crippen LogP contribution in [0.2, 0.25) is 0 Å². The van der Waals surface area contributed by atoms with Gasteiger partial charge in [0, 0.05) is 24.1 Å². The molecule has 0 radical (unpaired) electrons. The van der Waals surface area contributed by atoms with Gasteiger partial charge in [-0.3, -0.25) is 5.41 Å². The van der Waals surface area contributed by atoms with Crippen molar-refractivity contribution < 1.29 is 14.3 Å². The molecule has 0 amide bonds. The van der Waals surface area contributed by atoms with Crippen molar-refractivity contribution in [2.75, 3.05) is 0 Å². The Morgan fingerprint density at radius 1 is 1.20 bits per heavy atom. The van der Waals surface area contributed by atoms with E-state index in [-0.39, 0.29) is 22.3 Å². The maximum absolute atomic E-state index is 11.7. The van der Waals surface area contributed by atoms with Gasteiger partial charge in [-0.1, -0.05) is 41.9 Å². The summed E-state index contributed by atoms with van der Waals surface area (Å²) in [5, 5.41) is 33.6. The third kappa shape index (κ3) is 5.06. The quantitative estimate of drug-likeness (QED) is 0.284. The highest BCUT2D eigenvalue weighted by atomic mass is 35.5. The molecule has 0 fully saturated rings. The van der Waals surface area contributed by atoms with Gasteiger partial charge in [0.2, 0.25) is 0 Å². The van der Waals surface area contributed by atoms with Gasteiger partial charge in [0.1, 0.15) is 22.4 Å². The van der Waals surface area contributed by atoms with Crippen LogP contribution in [-0.4, -0.2) is 22.5 Å². The zero-order valence-electron chi connectivity index (χ0n) is 15.6. The molecule has 0 aliphatic carbocycles. The summed E-state index contributed by atoms with van der Waals surface area (Å²) < 4.78 is 5.19. The summed E-state index contributed by atoms with van der Waals surface area (Å²) in [5.41, 5.74) is 2.03. The van der Waals surface area contributed by atoms with Crippen molar-refractivity contribution >= 4 is 40.7 Å². The predicted molar refractivity (Wildman–Crippen MR) is 116 cm³/mol. The fourth-order valence-electron chi connectivity index (χ4n) is 2.66. The number of halogens is 1. The topological polar surface area (TPSA) is 134 Å². The van der Waals surface area contributed by atoms with Crippen molar-refractivity contribution in [2.24, 2.45) is 0 Å². The second-order valence-corrected chi connectivity index (χ2v) is 6.45. The first kappa shape index (κ1) is 20.7. The van der Waals surface area contributed by atoms with Crippen molar-refractivity contribution in [2.45, 2.75) is 0 Å². The number of aliphatic carboxylic acids is 1. The van der Waals surface area contributed by atoms with Gasteiger partial charge in [-0.15, -0.1) is 0 Å². The second-order valence-electron chi connectivity index (χ2n) is 6.04. The van der Waals surface area contributed by atoms with E-state index in [1.165, 1.54) is 18.4 Å². The van der Waals surface area contributed by atoms with E-state index >= 15 is 0 Å². The SMILES string of the molecule is N=C/C(=C\C(=N)Cl)C1=C(N/C(=C\c2ccco2)C(=O)O)NC=C(c2ccccc2)N1. The number of hydrogen-bond donors (Lipinski definition) is 6. The molecular formula is C21H18ClN5O3. The van der Waals surface area contributed by atoms with E-state index in [9.17, 15) is 9.90 Å². The molecule has 6 N–H and O–H groups in total. The molecule has 8 nitrogen and oxygen atoms in total. The van der Waals surface area contributed by atoms with Crippen molar-refractivity contribution in [3.8, 4) is 0 Å². The lowest BCUT2D eigenvalue weighted by molar-refractivity contribution is -0.132. The molecule has 0 saturated carbocycles. The van der Waals surface area contributed by atoms with Crippen LogP contribution in [-0.2, 0) is 4.79 Å². The van der Waals surface area contributed by atoms with Gasteiger partial charge in [-0.2, -0.15) is 0 Å². The van der Waals surface area contributed by atoms with Crippen LogP contribution in [0.5, 0.6) is 0 Å². The Balaban J connectivity index is 2.01. The average molecular weight is 424 g/mol. The van der Waals surface area contributed by atoms with E-state index in [1.807, 2.05) is 30.3 Å². The monoisotopic (exact) mass is 423 g/mol. The highest BCUT2D eigenvalue weighted by Gasteiger charge is 2.20. The smallest absolute Gasteiger partial charge is 0.352 e. The Morgan fingerprint density at radius 3 is 2.57 bits per heavy atom. The van der Waals surface area contributed by atoms with E-state index in [0.717, 1.165) is 11.8 Å². The van der Waals surface area contributed by atoms with Gasteiger partial charge < -0.3 is 30.9 Å². The van der Waals surface area contributed by atoms with Gasteiger partial charge in [-0.25, -0.2) is 4.79 Å². The van der Waals surface area contributed by atoms with Crippen LogP contribution in [0.1, 0.15) is 11.3 Å². The largest absolute Gasteiger partial charge is 0.477 e. The second kappa shape index (κ2) is 9.44. The number of nitrogens with one attached hydrogen (secondary N) is 5. The Labute approximate surface area is 177 Å². The van der Waals surface area contributed by atoms with E-state index in [0.29, 0.717) is 17.2 Å². The summed E-state index contributed by atoms with van der Waals surface area (Å²) in [6.45, 7) is 0. The number of furan rings is 1. The van der Waals surface area contributed by atoms with Crippen LogP contribution >= 0.6 is 11.6 Å². The summed E-state index contributed by atoms with van der Waals surface area (Å²) in [6.07, 6.45) is 6.74. The molecule has 0 bridgehead atoms. The lowest BCUT2D eigenvalue weighted by Crippen LogP contribution is -2.35. The van der Waals surface area contributed by atoms with Crippen molar-refractivity contribution in [3.05, 3.63) is 95.1 Å². The summed E-state index contributed by atoms with van der Waals surface area (Å²) in [7, 11) is 0. The number of rotatable bonds is 8. The Kier molecular flexibility index (Phi) is 6.51. The van der Waals surface area contributed by atoms with Crippen LogP contribution < -0.4 is 16.0 Å². The summed E-state index contributed by atoms with van der Waals surface area (Å²) in [4.78, 5) is 11.7. The Morgan fingerprint density at radius 2 is 1.97 bits per heavy atom. The minimum Gasteiger partial charge on any atom is -0.477 e. The number of carboxylic acids is 1. The highest BCUT2D eigenvalue weighted by Crippen LogP contribution is 2.21. The van der Waals surface area contributed by atoms with E-state index in [1.54, 1.807) is 18.3 Å². The number of allylic oxidation sites excluding steroid dienone is 2. The first-order valence-corrected chi connectivity index (χ1v) is 9.11. The van der Waals surface area contributed by atoms with Gasteiger partial charge in [0.15, 0.2) is 0 Å². The van der Waals surface area contributed by atoms with Gasteiger partial charge in [0.05, 0.1) is 17.7 Å². The summed E-state index contributed by atoms with van der Waals surface area (Å²) >= 11 is 5.70. The number of carbonyl (C=O) groups is 1. The van der Waals surface area contributed by atoms with Gasteiger partial charge >= 0.3 is 5.97 Å². The first-order valence-electron chi connectivity index (χ1n) is 8.73. The Bertz CT molecular complexity index is 1080. The average Bonchev–Trinajstić information content (AvgIpc) is 3.25. The molecule has 152 valence electrons.